The molecular formula is C8H9BrN2O2. The van der Waals surface area contributed by atoms with Crippen molar-refractivity contribution in [1.29, 1.82) is 0 Å². The Morgan fingerprint density at radius 2 is 2.23 bits per heavy atom. The van der Waals surface area contributed by atoms with Gasteiger partial charge < -0.3 is 5.73 Å². The summed E-state index contributed by atoms with van der Waals surface area (Å²) >= 11 is 3.22. The van der Waals surface area contributed by atoms with Gasteiger partial charge in [0.15, 0.2) is 0 Å². The van der Waals surface area contributed by atoms with Crippen LogP contribution in [-0.2, 0) is 0 Å². The summed E-state index contributed by atoms with van der Waals surface area (Å²) in [5, 5.41) is 9.38. The summed E-state index contributed by atoms with van der Waals surface area (Å²) < 4.78 is 0.794. The zero-order valence-electron chi connectivity index (χ0n) is 6.99. The summed E-state index contributed by atoms with van der Waals surface area (Å²) in [6, 6.07) is 4.85. The van der Waals surface area contributed by atoms with Crippen LogP contribution in [0.15, 0.2) is 22.7 Å². The number of rotatable bonds is 1. The molecule has 70 valence electrons. The first-order chi connectivity index (χ1) is 6.02. The van der Waals surface area contributed by atoms with Crippen LogP contribution in [0.2, 0.25) is 0 Å². The summed E-state index contributed by atoms with van der Waals surface area (Å²) in [5.74, 6) is -0.523. The number of carbonyl (C=O) groups is 1. The largest absolute Gasteiger partial charge is 0.398 e. The van der Waals surface area contributed by atoms with Crippen molar-refractivity contribution in [3.05, 3.63) is 28.2 Å². The number of hydrogen-bond acceptors (Lipinski definition) is 3. The first kappa shape index (κ1) is 10.0. The molecule has 0 atom stereocenters. The van der Waals surface area contributed by atoms with Gasteiger partial charge in [-0.1, -0.05) is 15.9 Å². The molecule has 0 aliphatic rings. The highest BCUT2D eigenvalue weighted by atomic mass is 79.9. The van der Waals surface area contributed by atoms with E-state index in [0.717, 1.165) is 4.47 Å². The number of nitrogens with zero attached hydrogens (tertiary/aromatic N) is 1. The number of anilines is 1. The van der Waals surface area contributed by atoms with Crippen molar-refractivity contribution in [3.8, 4) is 0 Å². The van der Waals surface area contributed by atoms with E-state index in [1.54, 1.807) is 18.2 Å². The summed E-state index contributed by atoms with van der Waals surface area (Å²) in [7, 11) is 1.25. The molecule has 1 rings (SSSR count). The minimum absolute atomic E-state index is 0.285. The fourth-order valence-corrected chi connectivity index (χ4v) is 1.28. The number of amides is 1. The highest BCUT2D eigenvalue weighted by molar-refractivity contribution is 9.10. The second-order valence-electron chi connectivity index (χ2n) is 2.56. The number of halogens is 1. The lowest BCUT2D eigenvalue weighted by Crippen LogP contribution is -2.23. The van der Waals surface area contributed by atoms with Gasteiger partial charge in [-0.2, -0.15) is 0 Å². The summed E-state index contributed by atoms with van der Waals surface area (Å²) in [5.41, 5.74) is 6.19. The third-order valence-electron chi connectivity index (χ3n) is 1.54. The van der Waals surface area contributed by atoms with Crippen LogP contribution in [0.4, 0.5) is 5.69 Å². The molecule has 0 unspecified atom stereocenters. The van der Waals surface area contributed by atoms with Crippen LogP contribution in [0.3, 0.4) is 0 Å². The molecule has 0 saturated heterocycles. The number of hydroxylamine groups is 2. The van der Waals surface area contributed by atoms with Crippen molar-refractivity contribution in [1.82, 2.24) is 5.06 Å². The van der Waals surface area contributed by atoms with Gasteiger partial charge in [-0.15, -0.1) is 0 Å². The first-order valence-electron chi connectivity index (χ1n) is 3.54. The monoisotopic (exact) mass is 244 g/mol. The van der Waals surface area contributed by atoms with Crippen molar-refractivity contribution in [2.45, 2.75) is 0 Å². The van der Waals surface area contributed by atoms with Crippen molar-refractivity contribution >= 4 is 27.5 Å². The van der Waals surface area contributed by atoms with E-state index in [1.165, 1.54) is 7.05 Å². The van der Waals surface area contributed by atoms with E-state index in [9.17, 15) is 4.79 Å². The zero-order valence-corrected chi connectivity index (χ0v) is 8.58. The van der Waals surface area contributed by atoms with Crippen molar-refractivity contribution in [2.75, 3.05) is 12.8 Å². The molecule has 0 aromatic heterocycles. The van der Waals surface area contributed by atoms with Crippen LogP contribution >= 0.6 is 15.9 Å². The normalized spacial score (nSPS) is 9.77. The maximum Gasteiger partial charge on any atom is 0.279 e. The van der Waals surface area contributed by atoms with E-state index in [2.05, 4.69) is 15.9 Å². The van der Waals surface area contributed by atoms with Gasteiger partial charge in [0.05, 0.1) is 5.56 Å². The van der Waals surface area contributed by atoms with Crippen molar-refractivity contribution in [3.63, 3.8) is 0 Å². The van der Waals surface area contributed by atoms with Gasteiger partial charge in [0.25, 0.3) is 5.91 Å². The van der Waals surface area contributed by atoms with Gasteiger partial charge in [-0.25, -0.2) is 5.06 Å². The molecule has 0 aliphatic carbocycles. The number of benzene rings is 1. The molecule has 0 spiro atoms. The Morgan fingerprint density at radius 3 is 2.69 bits per heavy atom. The minimum Gasteiger partial charge on any atom is -0.398 e. The Hall–Kier alpha value is -1.07. The molecule has 4 nitrogen and oxygen atoms in total. The van der Waals surface area contributed by atoms with E-state index in [1.807, 2.05) is 0 Å². The predicted molar refractivity (Wildman–Crippen MR) is 52.4 cm³/mol. The van der Waals surface area contributed by atoms with Crippen LogP contribution in [0, 0.1) is 0 Å². The second kappa shape index (κ2) is 3.76. The van der Waals surface area contributed by atoms with Gasteiger partial charge in [-0.05, 0) is 18.2 Å². The van der Waals surface area contributed by atoms with Gasteiger partial charge in [0.2, 0.25) is 0 Å². The summed E-state index contributed by atoms with van der Waals surface area (Å²) in [4.78, 5) is 11.3. The minimum atomic E-state index is -0.523. The molecule has 13 heavy (non-hydrogen) atoms. The Labute approximate surface area is 84.0 Å². The van der Waals surface area contributed by atoms with Gasteiger partial charge in [0.1, 0.15) is 0 Å². The number of carbonyl (C=O) groups excluding carboxylic acids is 1. The van der Waals surface area contributed by atoms with Crippen LogP contribution < -0.4 is 5.73 Å². The second-order valence-corrected chi connectivity index (χ2v) is 3.48. The van der Waals surface area contributed by atoms with Gasteiger partial charge in [-0.3, -0.25) is 10.0 Å². The Morgan fingerprint density at radius 1 is 1.62 bits per heavy atom. The van der Waals surface area contributed by atoms with E-state index >= 15 is 0 Å². The highest BCUT2D eigenvalue weighted by Crippen LogP contribution is 2.19. The van der Waals surface area contributed by atoms with E-state index in [4.69, 9.17) is 10.9 Å². The maximum absolute atomic E-state index is 11.3. The predicted octanol–water partition coefficient (Wildman–Crippen LogP) is 1.49. The van der Waals surface area contributed by atoms with E-state index < -0.39 is 5.91 Å². The molecule has 0 heterocycles. The molecule has 1 aromatic rings. The quantitative estimate of drug-likeness (QED) is 0.447. The molecule has 0 radical (unpaired) electrons. The number of nitrogen functional groups attached to an aromatic ring is 1. The van der Waals surface area contributed by atoms with E-state index in [0.29, 0.717) is 10.8 Å². The highest BCUT2D eigenvalue weighted by Gasteiger charge is 2.12. The first-order valence-corrected chi connectivity index (χ1v) is 4.33. The van der Waals surface area contributed by atoms with Crippen molar-refractivity contribution < 1.29 is 10.0 Å². The molecule has 5 heteroatoms. The number of hydrogen-bond donors (Lipinski definition) is 2. The Kier molecular flexibility index (Phi) is 2.90. The lowest BCUT2D eigenvalue weighted by molar-refractivity contribution is -0.0374. The topological polar surface area (TPSA) is 66.6 Å². The van der Waals surface area contributed by atoms with Gasteiger partial charge in [0, 0.05) is 17.2 Å². The third-order valence-corrected chi connectivity index (χ3v) is 2.03. The molecule has 0 aliphatic heterocycles. The van der Waals surface area contributed by atoms with E-state index in [-0.39, 0.29) is 5.56 Å². The zero-order chi connectivity index (χ0) is 10.0. The lowest BCUT2D eigenvalue weighted by atomic mass is 10.2. The summed E-state index contributed by atoms with van der Waals surface area (Å²) in [6.45, 7) is 0. The Bertz CT molecular complexity index is 339. The fourth-order valence-electron chi connectivity index (χ4n) is 0.903. The molecule has 3 N–H and O–H groups in total. The SMILES string of the molecule is CN(O)C(=O)c1ccc(Br)cc1N. The van der Waals surface area contributed by atoms with Crippen LogP contribution in [-0.4, -0.2) is 23.2 Å². The average molecular weight is 245 g/mol. The lowest BCUT2D eigenvalue weighted by Gasteiger charge is -2.10. The smallest absolute Gasteiger partial charge is 0.279 e. The fraction of sp³-hybridized carbons (Fsp3) is 0.125. The van der Waals surface area contributed by atoms with Crippen molar-refractivity contribution in [2.24, 2.45) is 0 Å². The van der Waals surface area contributed by atoms with Crippen LogP contribution in [0.1, 0.15) is 10.4 Å². The molecule has 0 bridgehead atoms. The standard InChI is InChI=1S/C8H9BrN2O2/c1-11(13)8(12)6-3-2-5(9)4-7(6)10/h2-4,13H,10H2,1H3. The average Bonchev–Trinajstić information content (AvgIpc) is 2.03. The molecule has 1 aromatic carbocycles. The Balaban J connectivity index is 3.09. The van der Waals surface area contributed by atoms with Crippen LogP contribution in [0.5, 0.6) is 0 Å². The molecule has 0 saturated carbocycles. The maximum atomic E-state index is 11.3. The third kappa shape index (κ3) is 2.19. The number of nitrogens with two attached hydrogens (primary N) is 1. The molecular weight excluding hydrogens is 236 g/mol. The molecule has 0 fully saturated rings. The van der Waals surface area contributed by atoms with Gasteiger partial charge >= 0.3 is 0 Å². The molecule has 1 amide bonds. The van der Waals surface area contributed by atoms with Crippen LogP contribution in [0.25, 0.3) is 0 Å². The summed E-state index contributed by atoms with van der Waals surface area (Å²) in [6.07, 6.45) is 0.